The first-order valence-corrected chi connectivity index (χ1v) is 6.27. The average Bonchev–Trinajstić information content (AvgIpc) is 2.15. The second kappa shape index (κ2) is 8.40. The van der Waals surface area contributed by atoms with Gasteiger partial charge in [-0.2, -0.15) is 0 Å². The molecule has 0 saturated heterocycles. The van der Waals surface area contributed by atoms with Crippen molar-refractivity contribution in [1.82, 2.24) is 0 Å². The summed E-state index contributed by atoms with van der Waals surface area (Å²) in [4.78, 5) is 21.2. The van der Waals surface area contributed by atoms with Crippen molar-refractivity contribution < 1.29 is 23.6 Å². The summed E-state index contributed by atoms with van der Waals surface area (Å²) >= 11 is 0. The maximum absolute atomic E-state index is 11.1. The third-order valence-corrected chi connectivity index (χ3v) is 2.80. The fourth-order valence-corrected chi connectivity index (χ4v) is 1.67. The number of ether oxygens (including phenoxy) is 1. The zero-order valence-corrected chi connectivity index (χ0v) is 9.55. The van der Waals surface area contributed by atoms with E-state index in [4.69, 9.17) is 9.84 Å². The monoisotopic (exact) mass is 236 g/mol. The summed E-state index contributed by atoms with van der Waals surface area (Å²) in [5, 5.41) is 8.32. The van der Waals surface area contributed by atoms with Crippen LogP contribution >= 0.6 is 0 Å². The van der Waals surface area contributed by atoms with Crippen LogP contribution in [0.4, 0.5) is 0 Å². The molecule has 1 N–H and O–H groups in total. The average molecular weight is 236 g/mol. The topological polar surface area (TPSA) is 80.7 Å². The van der Waals surface area contributed by atoms with E-state index >= 15 is 0 Å². The summed E-state index contributed by atoms with van der Waals surface area (Å²) in [6.45, 7) is 2.31. The van der Waals surface area contributed by atoms with Gasteiger partial charge in [-0.15, -0.1) is 0 Å². The number of carbonyl (C=O) groups excluding carboxylic acids is 1. The van der Waals surface area contributed by atoms with Gasteiger partial charge in [0.1, 0.15) is 5.75 Å². The van der Waals surface area contributed by atoms with E-state index in [1.165, 1.54) is 0 Å². The third-order valence-electron chi connectivity index (χ3n) is 1.58. The van der Waals surface area contributed by atoms with Crippen LogP contribution in [0, 0.1) is 0 Å². The highest BCUT2D eigenvalue weighted by molar-refractivity contribution is 7.85. The van der Waals surface area contributed by atoms with Crippen molar-refractivity contribution in [3.63, 3.8) is 0 Å². The molecule has 5 nitrogen and oxygen atoms in total. The van der Waals surface area contributed by atoms with E-state index in [2.05, 4.69) is 0 Å². The van der Waals surface area contributed by atoms with Crippen molar-refractivity contribution in [2.75, 3.05) is 18.1 Å². The lowest BCUT2D eigenvalue weighted by molar-refractivity contribution is -0.140. The minimum absolute atomic E-state index is 0.00177. The minimum Gasteiger partial charge on any atom is -0.481 e. The fraction of sp³-hybridized carbons (Fsp3) is 0.778. The predicted octanol–water partition coefficient (Wildman–Crippen LogP) is 0.553. The second-order valence-corrected chi connectivity index (χ2v) is 4.58. The number of esters is 1. The quantitative estimate of drug-likeness (QED) is 0.492. The molecule has 0 aliphatic heterocycles. The zero-order chi connectivity index (χ0) is 11.7. The van der Waals surface area contributed by atoms with E-state index in [9.17, 15) is 13.8 Å². The molecular weight excluding hydrogens is 220 g/mol. The van der Waals surface area contributed by atoms with Crippen molar-refractivity contribution in [1.29, 1.82) is 0 Å². The lowest BCUT2D eigenvalue weighted by atomic mass is 10.4. The molecule has 0 amide bonds. The summed E-state index contributed by atoms with van der Waals surface area (Å²) in [5.41, 5.74) is 0. The smallest absolute Gasteiger partial charge is 0.318 e. The van der Waals surface area contributed by atoms with Crippen LogP contribution in [0.2, 0.25) is 0 Å². The van der Waals surface area contributed by atoms with Gasteiger partial charge in [0.2, 0.25) is 0 Å². The number of hydrogen-bond acceptors (Lipinski definition) is 4. The molecule has 6 heteroatoms. The first-order valence-electron chi connectivity index (χ1n) is 4.78. The summed E-state index contributed by atoms with van der Waals surface area (Å²) in [5.74, 6) is -1.75. The number of hydrogen-bond donors (Lipinski definition) is 1. The van der Waals surface area contributed by atoms with Crippen LogP contribution in [0.5, 0.6) is 0 Å². The number of unbranched alkanes of at least 4 members (excludes halogenated alkanes) is 1. The molecule has 0 saturated carbocycles. The highest BCUT2D eigenvalue weighted by Crippen LogP contribution is 1.93. The number of aliphatic carboxylic acids is 1. The number of carboxylic acid groups (broad SMARTS) is 1. The predicted molar refractivity (Wildman–Crippen MR) is 56.0 cm³/mol. The molecule has 0 heterocycles. The first kappa shape index (κ1) is 14.1. The van der Waals surface area contributed by atoms with E-state index < -0.39 is 22.7 Å². The Morgan fingerprint density at radius 3 is 2.60 bits per heavy atom. The number of carbonyl (C=O) groups is 2. The van der Waals surface area contributed by atoms with Crippen molar-refractivity contribution in [3.05, 3.63) is 0 Å². The van der Waals surface area contributed by atoms with Gasteiger partial charge in [0, 0.05) is 16.6 Å². The van der Waals surface area contributed by atoms with Crippen LogP contribution in [0.1, 0.15) is 26.2 Å². The summed E-state index contributed by atoms with van der Waals surface area (Å²) in [6, 6.07) is 0. The third kappa shape index (κ3) is 9.40. The Hall–Kier alpha value is -0.910. The van der Waals surface area contributed by atoms with E-state index in [0.29, 0.717) is 6.61 Å². The molecule has 1 atom stereocenters. The van der Waals surface area contributed by atoms with Crippen LogP contribution in [-0.2, 0) is 25.1 Å². The van der Waals surface area contributed by atoms with Crippen LogP contribution in [0.15, 0.2) is 0 Å². The van der Waals surface area contributed by atoms with Gasteiger partial charge in [0.25, 0.3) is 0 Å². The molecule has 0 spiro atoms. The molecule has 0 bridgehead atoms. The Morgan fingerprint density at radius 1 is 1.40 bits per heavy atom. The van der Waals surface area contributed by atoms with Crippen molar-refractivity contribution in [2.45, 2.75) is 26.2 Å². The standard InChI is InChI=1S/C9H16O5S/c1-2-3-5-14-9(12)7-15(13)6-4-8(10)11/h2-7H2,1H3,(H,10,11). The summed E-state index contributed by atoms with van der Waals surface area (Å²) in [7, 11) is -1.43. The van der Waals surface area contributed by atoms with Gasteiger partial charge in [0.15, 0.2) is 0 Å². The molecule has 0 aromatic rings. The van der Waals surface area contributed by atoms with Crippen LogP contribution in [-0.4, -0.2) is 39.4 Å². The highest BCUT2D eigenvalue weighted by Gasteiger charge is 2.10. The largest absolute Gasteiger partial charge is 0.481 e. The van der Waals surface area contributed by atoms with Crippen LogP contribution in [0.3, 0.4) is 0 Å². The zero-order valence-electron chi connectivity index (χ0n) is 8.73. The van der Waals surface area contributed by atoms with Gasteiger partial charge in [0.05, 0.1) is 13.0 Å². The van der Waals surface area contributed by atoms with Gasteiger partial charge in [-0.05, 0) is 6.42 Å². The first-order chi connectivity index (χ1) is 7.06. The maximum Gasteiger partial charge on any atom is 0.318 e. The van der Waals surface area contributed by atoms with Crippen LogP contribution < -0.4 is 0 Å². The van der Waals surface area contributed by atoms with Gasteiger partial charge in [-0.25, -0.2) is 0 Å². The summed E-state index contributed by atoms with van der Waals surface area (Å²) < 4.78 is 15.9. The lowest BCUT2D eigenvalue weighted by Gasteiger charge is -2.03. The Balaban J connectivity index is 3.58. The minimum atomic E-state index is -1.43. The highest BCUT2D eigenvalue weighted by atomic mass is 32.2. The fourth-order valence-electron chi connectivity index (χ4n) is 0.777. The Bertz CT molecular complexity index is 239. The molecule has 0 aromatic heterocycles. The summed E-state index contributed by atoms with van der Waals surface area (Å²) in [6.07, 6.45) is 1.53. The Labute approximate surface area is 91.3 Å². The van der Waals surface area contributed by atoms with Gasteiger partial charge < -0.3 is 9.84 Å². The Kier molecular flexibility index (Phi) is 7.89. The Morgan fingerprint density at radius 2 is 2.07 bits per heavy atom. The van der Waals surface area contributed by atoms with Gasteiger partial charge in [-0.1, -0.05) is 13.3 Å². The van der Waals surface area contributed by atoms with Crippen molar-refractivity contribution >= 4 is 22.7 Å². The molecule has 0 aromatic carbocycles. The van der Waals surface area contributed by atoms with E-state index in [0.717, 1.165) is 12.8 Å². The number of carboxylic acids is 1. The molecule has 0 aliphatic rings. The van der Waals surface area contributed by atoms with Gasteiger partial charge >= 0.3 is 11.9 Å². The molecule has 0 aliphatic carbocycles. The normalized spacial score (nSPS) is 12.1. The molecule has 0 rings (SSSR count). The molecule has 0 fully saturated rings. The molecule has 0 radical (unpaired) electrons. The lowest BCUT2D eigenvalue weighted by Crippen LogP contribution is -2.17. The van der Waals surface area contributed by atoms with E-state index in [-0.39, 0.29) is 17.9 Å². The number of rotatable bonds is 8. The second-order valence-electron chi connectivity index (χ2n) is 3.01. The van der Waals surface area contributed by atoms with E-state index in [1.807, 2.05) is 6.92 Å². The molecular formula is C9H16O5S. The SMILES string of the molecule is CCCCOC(=O)CS(=O)CCC(=O)O. The molecule has 88 valence electrons. The van der Waals surface area contributed by atoms with Crippen molar-refractivity contribution in [3.8, 4) is 0 Å². The van der Waals surface area contributed by atoms with Crippen molar-refractivity contribution in [2.24, 2.45) is 0 Å². The van der Waals surface area contributed by atoms with E-state index in [1.54, 1.807) is 0 Å². The molecule has 1 unspecified atom stereocenters. The van der Waals surface area contributed by atoms with Gasteiger partial charge in [-0.3, -0.25) is 13.8 Å². The van der Waals surface area contributed by atoms with Crippen LogP contribution in [0.25, 0.3) is 0 Å². The maximum atomic E-state index is 11.1. The molecule has 15 heavy (non-hydrogen) atoms.